The van der Waals surface area contributed by atoms with Gasteiger partial charge in [0.2, 0.25) is 5.67 Å². The molecule has 0 amide bonds. The molecule has 1 aromatic carbocycles. The van der Waals surface area contributed by atoms with Crippen LogP contribution in [0.25, 0.3) is 0 Å². The Balaban J connectivity index is 3.30. The summed E-state index contributed by atoms with van der Waals surface area (Å²) in [6.07, 6.45) is -5.23. The van der Waals surface area contributed by atoms with E-state index in [-0.39, 0.29) is 0 Å². The molecule has 1 nitrogen and oxygen atoms in total. The SMILES string of the molecule is NCC(F)(c1ccccc1F)C(F)(F)F. The van der Waals surface area contributed by atoms with Crippen LogP contribution in [0.4, 0.5) is 22.0 Å². The molecule has 0 aromatic heterocycles. The van der Waals surface area contributed by atoms with Gasteiger partial charge in [0, 0.05) is 12.1 Å². The number of hydrogen-bond acceptors (Lipinski definition) is 1. The number of nitrogens with two attached hydrogens (primary N) is 1. The van der Waals surface area contributed by atoms with Crippen molar-refractivity contribution < 1.29 is 22.0 Å². The fourth-order valence-corrected chi connectivity index (χ4v) is 1.16. The van der Waals surface area contributed by atoms with Gasteiger partial charge in [-0.05, 0) is 6.07 Å². The van der Waals surface area contributed by atoms with Crippen LogP contribution in [0.15, 0.2) is 24.3 Å². The van der Waals surface area contributed by atoms with Crippen LogP contribution in [-0.4, -0.2) is 12.7 Å². The Bertz CT molecular complexity index is 349. The summed E-state index contributed by atoms with van der Waals surface area (Å²) in [6, 6.07) is 3.78. The van der Waals surface area contributed by atoms with Crippen molar-refractivity contribution in [3.8, 4) is 0 Å². The standard InChI is InChI=1S/C9H8F5N/c10-7-4-2-1-3-6(7)8(11,5-15)9(12,13)14/h1-4H,5,15H2. The molecule has 6 heteroatoms. The third-order valence-corrected chi connectivity index (χ3v) is 2.03. The number of alkyl halides is 4. The van der Waals surface area contributed by atoms with E-state index >= 15 is 0 Å². The number of halogens is 5. The summed E-state index contributed by atoms with van der Waals surface area (Å²) in [7, 11) is 0. The zero-order valence-corrected chi connectivity index (χ0v) is 7.48. The minimum absolute atomic E-state index is 0.732. The second-order valence-electron chi connectivity index (χ2n) is 2.98. The van der Waals surface area contributed by atoms with Gasteiger partial charge in [-0.15, -0.1) is 0 Å². The zero-order valence-electron chi connectivity index (χ0n) is 7.48. The molecule has 1 unspecified atom stereocenters. The summed E-state index contributed by atoms with van der Waals surface area (Å²) in [5.74, 6) is -1.26. The summed E-state index contributed by atoms with van der Waals surface area (Å²) in [4.78, 5) is 0. The van der Waals surface area contributed by atoms with E-state index < -0.39 is 29.8 Å². The van der Waals surface area contributed by atoms with Crippen molar-refractivity contribution in [2.45, 2.75) is 11.8 Å². The van der Waals surface area contributed by atoms with E-state index in [2.05, 4.69) is 0 Å². The number of rotatable bonds is 2. The van der Waals surface area contributed by atoms with Gasteiger partial charge in [-0.1, -0.05) is 18.2 Å². The number of benzene rings is 1. The van der Waals surface area contributed by atoms with E-state index in [4.69, 9.17) is 5.73 Å². The highest BCUT2D eigenvalue weighted by molar-refractivity contribution is 5.26. The monoisotopic (exact) mass is 225 g/mol. The molecule has 0 radical (unpaired) electrons. The maximum absolute atomic E-state index is 13.5. The average molecular weight is 225 g/mol. The van der Waals surface area contributed by atoms with Crippen LogP contribution in [0.3, 0.4) is 0 Å². The highest BCUT2D eigenvalue weighted by atomic mass is 19.4. The van der Waals surface area contributed by atoms with Crippen LogP contribution in [0, 0.1) is 5.82 Å². The Labute approximate surface area is 82.7 Å². The number of hydrogen-bond donors (Lipinski definition) is 1. The highest BCUT2D eigenvalue weighted by Crippen LogP contribution is 2.42. The maximum Gasteiger partial charge on any atom is 0.428 e. The summed E-state index contributed by atoms with van der Waals surface area (Å²) in [6.45, 7) is -1.35. The molecule has 1 atom stereocenters. The van der Waals surface area contributed by atoms with E-state index in [1.54, 1.807) is 0 Å². The van der Waals surface area contributed by atoms with Crippen molar-refractivity contribution in [1.29, 1.82) is 0 Å². The van der Waals surface area contributed by atoms with Gasteiger partial charge in [-0.2, -0.15) is 13.2 Å². The molecule has 15 heavy (non-hydrogen) atoms. The lowest BCUT2D eigenvalue weighted by molar-refractivity contribution is -0.232. The van der Waals surface area contributed by atoms with Crippen molar-refractivity contribution >= 4 is 0 Å². The topological polar surface area (TPSA) is 26.0 Å². The summed E-state index contributed by atoms with van der Waals surface area (Å²) >= 11 is 0. The smallest absolute Gasteiger partial charge is 0.327 e. The molecular weight excluding hydrogens is 217 g/mol. The molecule has 0 spiro atoms. The first kappa shape index (κ1) is 11.9. The Kier molecular flexibility index (Phi) is 2.99. The van der Waals surface area contributed by atoms with Crippen LogP contribution in [0.5, 0.6) is 0 Å². The molecule has 0 bridgehead atoms. The molecule has 1 rings (SSSR count). The van der Waals surface area contributed by atoms with E-state index in [1.807, 2.05) is 0 Å². The first-order valence-corrected chi connectivity index (χ1v) is 4.03. The van der Waals surface area contributed by atoms with Gasteiger partial charge in [0.1, 0.15) is 5.82 Å². The third-order valence-electron chi connectivity index (χ3n) is 2.03. The molecule has 0 aliphatic rings. The van der Waals surface area contributed by atoms with Crippen LogP contribution >= 0.6 is 0 Å². The molecule has 1 aromatic rings. The van der Waals surface area contributed by atoms with E-state index in [9.17, 15) is 22.0 Å². The van der Waals surface area contributed by atoms with Crippen LogP contribution < -0.4 is 5.73 Å². The van der Waals surface area contributed by atoms with Crippen molar-refractivity contribution in [2.24, 2.45) is 5.73 Å². The molecule has 0 saturated carbocycles. The highest BCUT2D eigenvalue weighted by Gasteiger charge is 2.57. The van der Waals surface area contributed by atoms with Crippen molar-refractivity contribution in [3.05, 3.63) is 35.6 Å². The minimum atomic E-state index is -5.23. The largest absolute Gasteiger partial charge is 0.428 e. The molecular formula is C9H8F5N. The lowest BCUT2D eigenvalue weighted by Crippen LogP contribution is -2.45. The normalized spacial score (nSPS) is 16.1. The van der Waals surface area contributed by atoms with Gasteiger partial charge in [0.25, 0.3) is 0 Å². The quantitative estimate of drug-likeness (QED) is 0.769. The van der Waals surface area contributed by atoms with Gasteiger partial charge in [0.05, 0.1) is 0 Å². The predicted octanol–water partition coefficient (Wildman–Crippen LogP) is 2.51. The minimum Gasteiger partial charge on any atom is -0.327 e. The fourth-order valence-electron chi connectivity index (χ4n) is 1.16. The average Bonchev–Trinajstić information content (AvgIpc) is 2.15. The lowest BCUT2D eigenvalue weighted by Gasteiger charge is -2.26. The third kappa shape index (κ3) is 1.94. The maximum atomic E-state index is 13.5. The molecule has 2 N–H and O–H groups in total. The Morgan fingerprint density at radius 1 is 1.07 bits per heavy atom. The van der Waals surface area contributed by atoms with Gasteiger partial charge in [-0.25, -0.2) is 8.78 Å². The second kappa shape index (κ2) is 3.77. The summed E-state index contributed by atoms with van der Waals surface area (Å²) < 4.78 is 63.6. The van der Waals surface area contributed by atoms with E-state index in [0.717, 1.165) is 18.2 Å². The van der Waals surface area contributed by atoms with E-state index in [0.29, 0.717) is 0 Å². The molecule has 0 saturated heterocycles. The summed E-state index contributed by atoms with van der Waals surface area (Å²) in [5, 5.41) is 0. The molecule has 0 aliphatic heterocycles. The van der Waals surface area contributed by atoms with Crippen LogP contribution in [0.2, 0.25) is 0 Å². The Hall–Kier alpha value is -1.17. The first-order chi connectivity index (χ1) is 6.83. The van der Waals surface area contributed by atoms with Gasteiger partial charge >= 0.3 is 6.18 Å². The Morgan fingerprint density at radius 3 is 2.00 bits per heavy atom. The van der Waals surface area contributed by atoms with Crippen LogP contribution in [-0.2, 0) is 5.67 Å². The zero-order chi connectivity index (χ0) is 11.7. The van der Waals surface area contributed by atoms with Gasteiger partial charge in [0.15, 0.2) is 0 Å². The summed E-state index contributed by atoms with van der Waals surface area (Å²) in [5.41, 5.74) is -0.186. The fraction of sp³-hybridized carbons (Fsp3) is 0.333. The van der Waals surface area contributed by atoms with Gasteiger partial charge in [-0.3, -0.25) is 0 Å². The molecule has 0 heterocycles. The second-order valence-corrected chi connectivity index (χ2v) is 2.98. The van der Waals surface area contributed by atoms with E-state index in [1.165, 1.54) is 6.07 Å². The van der Waals surface area contributed by atoms with Gasteiger partial charge < -0.3 is 5.73 Å². The Morgan fingerprint density at radius 2 is 1.60 bits per heavy atom. The van der Waals surface area contributed by atoms with Crippen molar-refractivity contribution in [2.75, 3.05) is 6.54 Å². The van der Waals surface area contributed by atoms with Crippen molar-refractivity contribution in [1.82, 2.24) is 0 Å². The van der Waals surface area contributed by atoms with Crippen molar-refractivity contribution in [3.63, 3.8) is 0 Å². The lowest BCUT2D eigenvalue weighted by atomic mass is 9.95. The van der Waals surface area contributed by atoms with Crippen LogP contribution in [0.1, 0.15) is 5.56 Å². The molecule has 0 aliphatic carbocycles. The molecule has 0 fully saturated rings. The molecule has 84 valence electrons. The predicted molar refractivity (Wildman–Crippen MR) is 44.3 cm³/mol. The first-order valence-electron chi connectivity index (χ1n) is 4.03.